The molecule has 0 aliphatic heterocycles. The van der Waals surface area contributed by atoms with E-state index in [1.54, 1.807) is 0 Å². The van der Waals surface area contributed by atoms with E-state index in [2.05, 4.69) is 32.7 Å². The van der Waals surface area contributed by atoms with Crippen LogP contribution in [0.15, 0.2) is 0 Å². The maximum absolute atomic E-state index is 9.44. The van der Waals surface area contributed by atoms with Gasteiger partial charge < -0.3 is 10.0 Å². The molecule has 0 aromatic carbocycles. The molecule has 0 amide bonds. The minimum absolute atomic E-state index is 0.0988. The van der Waals surface area contributed by atoms with E-state index >= 15 is 0 Å². The van der Waals surface area contributed by atoms with Crippen LogP contribution in [0.2, 0.25) is 0 Å². The van der Waals surface area contributed by atoms with Crippen LogP contribution < -0.4 is 0 Å². The van der Waals surface area contributed by atoms with Gasteiger partial charge in [0.15, 0.2) is 0 Å². The summed E-state index contributed by atoms with van der Waals surface area (Å²) in [4.78, 5) is 2.40. The van der Waals surface area contributed by atoms with E-state index in [-0.39, 0.29) is 5.41 Å². The van der Waals surface area contributed by atoms with Crippen molar-refractivity contribution in [2.75, 3.05) is 26.7 Å². The SMILES string of the molecule is CCCC(C)(CO)CN(C)CC1CC1C. The molecule has 2 nitrogen and oxygen atoms in total. The minimum Gasteiger partial charge on any atom is -0.396 e. The van der Waals surface area contributed by atoms with Crippen LogP contribution in [-0.4, -0.2) is 36.8 Å². The van der Waals surface area contributed by atoms with Gasteiger partial charge in [-0.25, -0.2) is 0 Å². The zero-order chi connectivity index (χ0) is 11.5. The first kappa shape index (κ1) is 13.0. The summed E-state index contributed by atoms with van der Waals surface area (Å²) in [5, 5.41) is 9.44. The van der Waals surface area contributed by atoms with Crippen LogP contribution in [-0.2, 0) is 0 Å². The average molecular weight is 213 g/mol. The second-order valence-electron chi connectivity index (χ2n) is 5.89. The van der Waals surface area contributed by atoms with Gasteiger partial charge in [0.25, 0.3) is 0 Å². The van der Waals surface area contributed by atoms with E-state index < -0.39 is 0 Å². The van der Waals surface area contributed by atoms with Crippen LogP contribution in [0.4, 0.5) is 0 Å². The van der Waals surface area contributed by atoms with E-state index in [9.17, 15) is 5.11 Å². The highest BCUT2D eigenvalue weighted by atomic mass is 16.3. The van der Waals surface area contributed by atoms with Crippen LogP contribution in [0.3, 0.4) is 0 Å². The fraction of sp³-hybridized carbons (Fsp3) is 1.00. The van der Waals surface area contributed by atoms with Crippen molar-refractivity contribution in [2.24, 2.45) is 17.3 Å². The Bertz CT molecular complexity index is 195. The fourth-order valence-electron chi connectivity index (χ4n) is 2.58. The molecule has 1 aliphatic carbocycles. The lowest BCUT2D eigenvalue weighted by Crippen LogP contribution is -2.37. The fourth-order valence-corrected chi connectivity index (χ4v) is 2.58. The molecule has 1 rings (SSSR count). The Morgan fingerprint density at radius 2 is 2.07 bits per heavy atom. The molecule has 0 radical (unpaired) electrons. The lowest BCUT2D eigenvalue weighted by Gasteiger charge is -2.32. The van der Waals surface area contributed by atoms with Crippen molar-refractivity contribution >= 4 is 0 Å². The minimum atomic E-state index is 0.0988. The molecule has 1 saturated carbocycles. The van der Waals surface area contributed by atoms with Crippen molar-refractivity contribution in [1.29, 1.82) is 0 Å². The molecular weight excluding hydrogens is 186 g/mol. The Kier molecular flexibility index (Phi) is 4.60. The molecule has 1 aliphatic rings. The average Bonchev–Trinajstić information content (AvgIpc) is 2.81. The quantitative estimate of drug-likeness (QED) is 0.702. The molecule has 0 aromatic rings. The van der Waals surface area contributed by atoms with Crippen molar-refractivity contribution in [2.45, 2.75) is 40.0 Å². The van der Waals surface area contributed by atoms with Gasteiger partial charge in [-0.3, -0.25) is 0 Å². The Morgan fingerprint density at radius 3 is 2.47 bits per heavy atom. The monoisotopic (exact) mass is 213 g/mol. The maximum Gasteiger partial charge on any atom is 0.0497 e. The largest absolute Gasteiger partial charge is 0.396 e. The lowest BCUT2D eigenvalue weighted by atomic mass is 9.86. The molecular formula is C13H27NO. The number of rotatable bonds is 7. The summed E-state index contributed by atoms with van der Waals surface area (Å²) in [5.41, 5.74) is 0.0988. The second-order valence-corrected chi connectivity index (χ2v) is 5.89. The Labute approximate surface area is 94.7 Å². The summed E-state index contributed by atoms with van der Waals surface area (Å²) >= 11 is 0. The highest BCUT2D eigenvalue weighted by Crippen LogP contribution is 2.38. The Balaban J connectivity index is 2.30. The molecule has 1 fully saturated rings. The topological polar surface area (TPSA) is 23.5 Å². The number of hydrogen-bond acceptors (Lipinski definition) is 2. The van der Waals surface area contributed by atoms with Gasteiger partial charge in [-0.2, -0.15) is 0 Å². The van der Waals surface area contributed by atoms with Gasteiger partial charge in [0.1, 0.15) is 0 Å². The number of aliphatic hydroxyl groups excluding tert-OH is 1. The smallest absolute Gasteiger partial charge is 0.0497 e. The summed E-state index contributed by atoms with van der Waals surface area (Å²) < 4.78 is 0. The van der Waals surface area contributed by atoms with Gasteiger partial charge in [0.2, 0.25) is 0 Å². The molecule has 0 saturated heterocycles. The Hall–Kier alpha value is -0.0800. The van der Waals surface area contributed by atoms with Crippen LogP contribution in [0, 0.1) is 17.3 Å². The summed E-state index contributed by atoms with van der Waals surface area (Å²) in [5.74, 6) is 1.85. The molecule has 0 heterocycles. The highest BCUT2D eigenvalue weighted by Gasteiger charge is 2.34. The standard InChI is InChI=1S/C13H27NO/c1-5-6-13(3,10-15)9-14(4)8-12-7-11(12)2/h11-12,15H,5-10H2,1-4H3. The molecule has 3 unspecified atom stereocenters. The van der Waals surface area contributed by atoms with Gasteiger partial charge >= 0.3 is 0 Å². The maximum atomic E-state index is 9.44. The molecule has 0 spiro atoms. The highest BCUT2D eigenvalue weighted by molar-refractivity contribution is 4.86. The van der Waals surface area contributed by atoms with Gasteiger partial charge in [0.05, 0.1) is 0 Å². The third-order valence-electron chi connectivity index (χ3n) is 3.71. The predicted octanol–water partition coefficient (Wildman–Crippen LogP) is 2.37. The van der Waals surface area contributed by atoms with Crippen LogP contribution >= 0.6 is 0 Å². The van der Waals surface area contributed by atoms with Crippen LogP contribution in [0.1, 0.15) is 40.0 Å². The first-order chi connectivity index (χ1) is 7.00. The van der Waals surface area contributed by atoms with Crippen molar-refractivity contribution in [3.05, 3.63) is 0 Å². The van der Waals surface area contributed by atoms with E-state index in [0.29, 0.717) is 6.61 Å². The van der Waals surface area contributed by atoms with Crippen molar-refractivity contribution in [3.63, 3.8) is 0 Å². The zero-order valence-corrected chi connectivity index (χ0v) is 10.8. The normalized spacial score (nSPS) is 29.2. The molecule has 1 N–H and O–H groups in total. The summed E-state index contributed by atoms with van der Waals surface area (Å²) in [6, 6.07) is 0. The molecule has 0 bridgehead atoms. The third-order valence-corrected chi connectivity index (χ3v) is 3.71. The van der Waals surface area contributed by atoms with Crippen molar-refractivity contribution in [3.8, 4) is 0 Å². The van der Waals surface area contributed by atoms with E-state index in [1.165, 1.54) is 13.0 Å². The molecule has 15 heavy (non-hydrogen) atoms. The van der Waals surface area contributed by atoms with Crippen molar-refractivity contribution in [1.82, 2.24) is 4.90 Å². The van der Waals surface area contributed by atoms with Crippen LogP contribution in [0.25, 0.3) is 0 Å². The van der Waals surface area contributed by atoms with E-state index in [0.717, 1.165) is 31.2 Å². The van der Waals surface area contributed by atoms with Crippen LogP contribution in [0.5, 0.6) is 0 Å². The lowest BCUT2D eigenvalue weighted by molar-refractivity contribution is 0.0882. The first-order valence-electron chi connectivity index (χ1n) is 6.30. The molecule has 2 heteroatoms. The third kappa shape index (κ3) is 4.12. The summed E-state index contributed by atoms with van der Waals surface area (Å²) in [7, 11) is 2.19. The molecule has 3 atom stereocenters. The van der Waals surface area contributed by atoms with Crippen molar-refractivity contribution < 1.29 is 5.11 Å². The van der Waals surface area contributed by atoms with Gasteiger partial charge in [-0.05, 0) is 31.7 Å². The molecule has 90 valence electrons. The number of hydrogen-bond donors (Lipinski definition) is 1. The van der Waals surface area contributed by atoms with Gasteiger partial charge in [-0.15, -0.1) is 0 Å². The first-order valence-corrected chi connectivity index (χ1v) is 6.30. The molecule has 0 aromatic heterocycles. The number of aliphatic hydroxyl groups is 1. The van der Waals surface area contributed by atoms with E-state index in [1.807, 2.05) is 0 Å². The second kappa shape index (κ2) is 5.31. The number of nitrogens with zero attached hydrogens (tertiary/aromatic N) is 1. The summed E-state index contributed by atoms with van der Waals surface area (Å²) in [6.45, 7) is 9.27. The summed E-state index contributed by atoms with van der Waals surface area (Å²) in [6.07, 6.45) is 3.67. The van der Waals surface area contributed by atoms with Gasteiger partial charge in [-0.1, -0.05) is 27.2 Å². The predicted molar refractivity (Wildman–Crippen MR) is 64.9 cm³/mol. The Morgan fingerprint density at radius 1 is 1.47 bits per heavy atom. The van der Waals surface area contributed by atoms with E-state index in [4.69, 9.17) is 0 Å². The van der Waals surface area contributed by atoms with Gasteiger partial charge in [0, 0.05) is 25.1 Å². The zero-order valence-electron chi connectivity index (χ0n) is 10.8.